The summed E-state index contributed by atoms with van der Waals surface area (Å²) in [5.41, 5.74) is 2.68. The Kier molecular flexibility index (Phi) is 3.94. The average Bonchev–Trinajstić information content (AvgIpc) is 2.41. The number of aryl methyl sites for hydroxylation is 1. The monoisotopic (exact) mass is 272 g/mol. The number of nitrogens with one attached hydrogen (secondary N) is 1. The van der Waals surface area contributed by atoms with Crippen LogP contribution >= 0.6 is 11.6 Å². The second-order valence-corrected chi connectivity index (χ2v) is 4.64. The fraction of sp³-hybridized carbons (Fsp3) is 0.133. The van der Waals surface area contributed by atoms with Gasteiger partial charge >= 0.3 is 0 Å². The number of benzene rings is 2. The zero-order valence-electron chi connectivity index (χ0n) is 10.4. The highest BCUT2D eigenvalue weighted by Crippen LogP contribution is 2.28. The van der Waals surface area contributed by atoms with Gasteiger partial charge in [-0.3, -0.25) is 0 Å². The third-order valence-electron chi connectivity index (χ3n) is 2.88. The predicted octanol–water partition coefficient (Wildman–Crippen LogP) is 4.03. The molecule has 0 bridgehead atoms. The van der Waals surface area contributed by atoms with Gasteiger partial charge in [0.2, 0.25) is 0 Å². The van der Waals surface area contributed by atoms with E-state index in [0.717, 1.165) is 11.3 Å². The summed E-state index contributed by atoms with van der Waals surface area (Å²) in [5.74, 6) is 0.0120. The zero-order chi connectivity index (χ0) is 13.8. The van der Waals surface area contributed by atoms with E-state index in [2.05, 4.69) is 11.4 Å². The molecule has 1 unspecified atom stereocenters. The molecule has 0 saturated heterocycles. The Bertz CT molecular complexity index is 634. The SMILES string of the molecule is Cc1ccccc1NC(C#N)c1ccc(O)c(Cl)c1. The van der Waals surface area contributed by atoms with Crippen LogP contribution in [-0.4, -0.2) is 5.11 Å². The molecule has 0 saturated carbocycles. The van der Waals surface area contributed by atoms with E-state index in [1.165, 1.54) is 6.07 Å². The van der Waals surface area contributed by atoms with Crippen molar-refractivity contribution in [3.63, 3.8) is 0 Å². The fourth-order valence-corrected chi connectivity index (χ4v) is 1.97. The van der Waals surface area contributed by atoms with E-state index in [-0.39, 0.29) is 10.8 Å². The maximum atomic E-state index is 9.40. The molecule has 0 heterocycles. The fourth-order valence-electron chi connectivity index (χ4n) is 1.78. The Morgan fingerprint density at radius 3 is 2.63 bits per heavy atom. The Morgan fingerprint density at radius 1 is 1.26 bits per heavy atom. The molecular weight excluding hydrogens is 260 g/mol. The second kappa shape index (κ2) is 5.64. The molecule has 4 heteroatoms. The van der Waals surface area contributed by atoms with Crippen molar-refractivity contribution in [3.8, 4) is 11.8 Å². The van der Waals surface area contributed by atoms with Gasteiger partial charge in [0, 0.05) is 5.69 Å². The van der Waals surface area contributed by atoms with E-state index in [9.17, 15) is 10.4 Å². The summed E-state index contributed by atoms with van der Waals surface area (Å²) < 4.78 is 0. The van der Waals surface area contributed by atoms with Gasteiger partial charge in [0.05, 0.1) is 11.1 Å². The van der Waals surface area contributed by atoms with Crippen molar-refractivity contribution in [2.75, 3.05) is 5.32 Å². The van der Waals surface area contributed by atoms with Gasteiger partial charge in [-0.1, -0.05) is 35.9 Å². The highest BCUT2D eigenvalue weighted by molar-refractivity contribution is 6.32. The van der Waals surface area contributed by atoms with Crippen molar-refractivity contribution in [1.82, 2.24) is 0 Å². The molecule has 0 aromatic heterocycles. The molecule has 0 fully saturated rings. The van der Waals surface area contributed by atoms with Crippen LogP contribution in [-0.2, 0) is 0 Å². The molecule has 2 N–H and O–H groups in total. The lowest BCUT2D eigenvalue weighted by molar-refractivity contribution is 0.475. The predicted molar refractivity (Wildman–Crippen MR) is 76.3 cm³/mol. The summed E-state index contributed by atoms with van der Waals surface area (Å²) in [7, 11) is 0. The number of anilines is 1. The van der Waals surface area contributed by atoms with Crippen LogP contribution in [0.15, 0.2) is 42.5 Å². The van der Waals surface area contributed by atoms with Crippen molar-refractivity contribution in [3.05, 3.63) is 58.6 Å². The van der Waals surface area contributed by atoms with Crippen LogP contribution in [0.1, 0.15) is 17.2 Å². The zero-order valence-corrected chi connectivity index (χ0v) is 11.1. The second-order valence-electron chi connectivity index (χ2n) is 4.23. The van der Waals surface area contributed by atoms with E-state index < -0.39 is 6.04 Å². The van der Waals surface area contributed by atoms with E-state index >= 15 is 0 Å². The molecule has 96 valence electrons. The van der Waals surface area contributed by atoms with Gasteiger partial charge < -0.3 is 10.4 Å². The van der Waals surface area contributed by atoms with Crippen LogP contribution in [0.25, 0.3) is 0 Å². The van der Waals surface area contributed by atoms with Gasteiger partial charge in [-0.25, -0.2) is 0 Å². The minimum absolute atomic E-state index is 0.0120. The quantitative estimate of drug-likeness (QED) is 0.887. The standard InChI is InChI=1S/C15H13ClN2O/c1-10-4-2-3-5-13(10)18-14(9-17)11-6-7-15(19)12(16)8-11/h2-8,14,18-19H,1H3. The highest BCUT2D eigenvalue weighted by atomic mass is 35.5. The molecule has 2 aromatic rings. The summed E-state index contributed by atoms with van der Waals surface area (Å²) in [4.78, 5) is 0. The number of para-hydroxylation sites is 1. The van der Waals surface area contributed by atoms with Crippen molar-refractivity contribution in [1.29, 1.82) is 5.26 Å². The average molecular weight is 273 g/mol. The summed E-state index contributed by atoms with van der Waals surface area (Å²) in [6.07, 6.45) is 0. The molecule has 0 aliphatic rings. The first-order valence-electron chi connectivity index (χ1n) is 5.82. The lowest BCUT2D eigenvalue weighted by Gasteiger charge is -2.15. The molecule has 1 atom stereocenters. The molecule has 19 heavy (non-hydrogen) atoms. The first-order chi connectivity index (χ1) is 9.11. The number of phenolic OH excluding ortho intramolecular Hbond substituents is 1. The summed E-state index contributed by atoms with van der Waals surface area (Å²) in [6.45, 7) is 1.97. The Balaban J connectivity index is 2.28. The first kappa shape index (κ1) is 13.3. The summed E-state index contributed by atoms with van der Waals surface area (Å²) in [5, 5.41) is 22.1. The molecular formula is C15H13ClN2O. The third kappa shape index (κ3) is 2.98. The van der Waals surface area contributed by atoms with Crippen LogP contribution in [0.4, 0.5) is 5.69 Å². The topological polar surface area (TPSA) is 56.0 Å². The number of hydrogen-bond donors (Lipinski definition) is 2. The Hall–Kier alpha value is -2.18. The van der Waals surface area contributed by atoms with Crippen LogP contribution in [0.2, 0.25) is 5.02 Å². The van der Waals surface area contributed by atoms with Crippen molar-refractivity contribution in [2.45, 2.75) is 13.0 Å². The molecule has 2 aromatic carbocycles. The highest BCUT2D eigenvalue weighted by Gasteiger charge is 2.12. The minimum Gasteiger partial charge on any atom is -0.506 e. The third-order valence-corrected chi connectivity index (χ3v) is 3.18. The number of nitriles is 1. The van der Waals surface area contributed by atoms with E-state index in [1.807, 2.05) is 31.2 Å². The smallest absolute Gasteiger partial charge is 0.140 e. The molecule has 0 radical (unpaired) electrons. The van der Waals surface area contributed by atoms with Gasteiger partial charge in [0.15, 0.2) is 0 Å². The largest absolute Gasteiger partial charge is 0.506 e. The van der Waals surface area contributed by atoms with E-state index in [0.29, 0.717) is 5.56 Å². The van der Waals surface area contributed by atoms with Crippen LogP contribution in [0.5, 0.6) is 5.75 Å². The number of nitrogens with zero attached hydrogens (tertiary/aromatic N) is 1. The summed E-state index contributed by atoms with van der Waals surface area (Å²) in [6, 6.07) is 14.2. The number of hydrogen-bond acceptors (Lipinski definition) is 3. The van der Waals surface area contributed by atoms with Gasteiger partial charge in [0.25, 0.3) is 0 Å². The lowest BCUT2D eigenvalue weighted by Crippen LogP contribution is -2.09. The van der Waals surface area contributed by atoms with Gasteiger partial charge in [-0.05, 0) is 36.2 Å². The first-order valence-corrected chi connectivity index (χ1v) is 6.20. The van der Waals surface area contributed by atoms with Crippen molar-refractivity contribution < 1.29 is 5.11 Å². The Morgan fingerprint density at radius 2 is 2.00 bits per heavy atom. The van der Waals surface area contributed by atoms with E-state index in [1.54, 1.807) is 12.1 Å². The molecule has 0 aliphatic heterocycles. The lowest BCUT2D eigenvalue weighted by atomic mass is 10.1. The molecule has 0 spiro atoms. The summed E-state index contributed by atoms with van der Waals surface area (Å²) >= 11 is 5.86. The van der Waals surface area contributed by atoms with E-state index in [4.69, 9.17) is 11.6 Å². The number of aromatic hydroxyl groups is 1. The van der Waals surface area contributed by atoms with Crippen molar-refractivity contribution in [2.24, 2.45) is 0 Å². The number of phenols is 1. The van der Waals surface area contributed by atoms with Crippen LogP contribution in [0, 0.1) is 18.3 Å². The van der Waals surface area contributed by atoms with Gasteiger partial charge in [0.1, 0.15) is 11.8 Å². The molecule has 0 amide bonds. The van der Waals surface area contributed by atoms with Gasteiger partial charge in [-0.2, -0.15) is 5.26 Å². The number of halogens is 1. The maximum absolute atomic E-state index is 9.40. The maximum Gasteiger partial charge on any atom is 0.140 e. The van der Waals surface area contributed by atoms with Crippen molar-refractivity contribution >= 4 is 17.3 Å². The Labute approximate surface area is 117 Å². The minimum atomic E-state index is -0.515. The van der Waals surface area contributed by atoms with Gasteiger partial charge in [-0.15, -0.1) is 0 Å². The number of rotatable bonds is 3. The van der Waals surface area contributed by atoms with Crippen LogP contribution in [0.3, 0.4) is 0 Å². The molecule has 3 nitrogen and oxygen atoms in total. The van der Waals surface area contributed by atoms with Crippen LogP contribution < -0.4 is 5.32 Å². The normalized spacial score (nSPS) is 11.6. The molecule has 2 rings (SSSR count). The molecule has 0 aliphatic carbocycles.